The van der Waals surface area contributed by atoms with Gasteiger partial charge in [0.15, 0.2) is 11.5 Å². The summed E-state index contributed by atoms with van der Waals surface area (Å²) in [5.41, 5.74) is 4.70. The van der Waals surface area contributed by atoms with Gasteiger partial charge in [-0.05, 0) is 56.8 Å². The van der Waals surface area contributed by atoms with Crippen molar-refractivity contribution in [2.24, 2.45) is 4.99 Å². The van der Waals surface area contributed by atoms with Crippen molar-refractivity contribution in [3.8, 4) is 11.5 Å². The monoisotopic (exact) mass is 395 g/mol. The number of nitro groups is 1. The number of likely N-dealkylation sites (tertiary alicyclic amines) is 1. The predicted octanol–water partition coefficient (Wildman–Crippen LogP) is 3.56. The maximum atomic E-state index is 11.2. The number of hydrogen-bond acceptors (Lipinski definition) is 6. The number of likely N-dealkylation sites (N-methyl/N-ethyl adjacent to an activating group) is 1. The molecule has 0 bridgehead atoms. The lowest BCUT2D eigenvalue weighted by molar-refractivity contribution is -0.385. The number of piperidine rings is 1. The Kier molecular flexibility index (Phi) is 5.00. The molecule has 4 rings (SSSR count). The SMILES string of the molecule is COc1cc2c(cc1OC)[C@H]1CN(C)CC[C@H]1N=C2c1ccc([N+](=O)[O-])c(C)c1. The number of nitrogens with zero attached hydrogens (tertiary/aromatic N) is 3. The molecule has 2 heterocycles. The highest BCUT2D eigenvalue weighted by Gasteiger charge is 2.36. The minimum Gasteiger partial charge on any atom is -0.493 e. The molecule has 0 aliphatic carbocycles. The van der Waals surface area contributed by atoms with Crippen molar-refractivity contribution in [1.82, 2.24) is 4.90 Å². The average Bonchev–Trinajstić information content (AvgIpc) is 2.71. The third-order valence-electron chi connectivity index (χ3n) is 5.95. The van der Waals surface area contributed by atoms with E-state index in [-0.39, 0.29) is 22.6 Å². The van der Waals surface area contributed by atoms with E-state index in [1.54, 1.807) is 33.3 Å². The summed E-state index contributed by atoms with van der Waals surface area (Å²) in [5, 5.41) is 11.2. The Bertz CT molecular complexity index is 1000. The zero-order valence-corrected chi connectivity index (χ0v) is 17.1. The first-order valence-corrected chi connectivity index (χ1v) is 9.71. The fraction of sp³-hybridized carbons (Fsp3) is 0.409. The normalized spacial score (nSPS) is 21.0. The predicted molar refractivity (Wildman–Crippen MR) is 112 cm³/mol. The van der Waals surface area contributed by atoms with Crippen LogP contribution in [0.2, 0.25) is 0 Å². The number of fused-ring (bicyclic) bond motifs is 3. The van der Waals surface area contributed by atoms with Crippen molar-refractivity contribution >= 4 is 11.4 Å². The maximum absolute atomic E-state index is 11.2. The van der Waals surface area contributed by atoms with Crippen LogP contribution < -0.4 is 9.47 Å². The average molecular weight is 395 g/mol. The molecule has 1 fully saturated rings. The Morgan fingerprint density at radius 1 is 1.17 bits per heavy atom. The standard InChI is InChI=1S/C22H25N3O4/c1-13-9-14(5-6-19(13)25(26)27)22-16-11-21(29-4)20(28-3)10-15(16)17-12-24(2)8-7-18(17)23-22/h5-6,9-11,17-18H,7-8,12H2,1-4H3/t17-,18-/m1/s1. The number of rotatable bonds is 4. The number of aliphatic imine (C=N–C) groups is 1. The van der Waals surface area contributed by atoms with Crippen LogP contribution in [0.5, 0.6) is 11.5 Å². The Morgan fingerprint density at radius 3 is 2.55 bits per heavy atom. The van der Waals surface area contributed by atoms with E-state index in [9.17, 15) is 10.1 Å². The van der Waals surface area contributed by atoms with E-state index >= 15 is 0 Å². The molecule has 0 amide bonds. The highest BCUT2D eigenvalue weighted by atomic mass is 16.6. The lowest BCUT2D eigenvalue weighted by atomic mass is 9.79. The third-order valence-corrected chi connectivity index (χ3v) is 5.95. The molecule has 2 aliphatic heterocycles. The molecule has 2 aromatic carbocycles. The van der Waals surface area contributed by atoms with Crippen LogP contribution >= 0.6 is 0 Å². The lowest BCUT2D eigenvalue weighted by Crippen LogP contribution is -2.41. The van der Waals surface area contributed by atoms with E-state index in [0.717, 1.165) is 36.3 Å². The van der Waals surface area contributed by atoms with Crippen LogP contribution in [0.25, 0.3) is 0 Å². The maximum Gasteiger partial charge on any atom is 0.272 e. The molecular formula is C22H25N3O4. The molecule has 0 aromatic heterocycles. The van der Waals surface area contributed by atoms with Gasteiger partial charge in [-0.1, -0.05) is 0 Å². The van der Waals surface area contributed by atoms with E-state index in [0.29, 0.717) is 17.1 Å². The quantitative estimate of drug-likeness (QED) is 0.584. The van der Waals surface area contributed by atoms with Gasteiger partial charge in [-0.25, -0.2) is 0 Å². The van der Waals surface area contributed by atoms with Gasteiger partial charge in [-0.3, -0.25) is 15.1 Å². The fourth-order valence-corrected chi connectivity index (χ4v) is 4.44. The topological polar surface area (TPSA) is 77.2 Å². The summed E-state index contributed by atoms with van der Waals surface area (Å²) in [6, 6.07) is 9.44. The molecule has 2 aromatic rings. The van der Waals surface area contributed by atoms with Gasteiger partial charge in [0.05, 0.1) is 30.9 Å². The molecule has 7 nitrogen and oxygen atoms in total. The Morgan fingerprint density at radius 2 is 1.90 bits per heavy atom. The first-order chi connectivity index (χ1) is 13.9. The molecule has 0 saturated carbocycles. The molecule has 0 radical (unpaired) electrons. The number of nitro benzene ring substituents is 1. The van der Waals surface area contributed by atoms with Crippen molar-refractivity contribution in [3.63, 3.8) is 0 Å². The smallest absolute Gasteiger partial charge is 0.272 e. The summed E-state index contributed by atoms with van der Waals surface area (Å²) < 4.78 is 11.1. The first kappa shape index (κ1) is 19.4. The zero-order chi connectivity index (χ0) is 20.7. The van der Waals surface area contributed by atoms with Gasteiger partial charge in [-0.2, -0.15) is 0 Å². The number of aryl methyl sites for hydroxylation is 1. The van der Waals surface area contributed by atoms with Gasteiger partial charge in [0.2, 0.25) is 0 Å². The van der Waals surface area contributed by atoms with E-state index < -0.39 is 0 Å². The minimum atomic E-state index is -0.351. The molecule has 7 heteroatoms. The summed E-state index contributed by atoms with van der Waals surface area (Å²) in [7, 11) is 5.40. The highest BCUT2D eigenvalue weighted by Crippen LogP contribution is 2.42. The van der Waals surface area contributed by atoms with E-state index in [2.05, 4.69) is 18.0 Å². The molecule has 2 aliphatic rings. The Hall–Kier alpha value is -2.93. The molecular weight excluding hydrogens is 370 g/mol. The van der Waals surface area contributed by atoms with Gasteiger partial charge in [0, 0.05) is 35.2 Å². The number of hydrogen-bond donors (Lipinski definition) is 0. The van der Waals surface area contributed by atoms with Crippen LogP contribution in [-0.2, 0) is 0 Å². The van der Waals surface area contributed by atoms with Crippen LogP contribution in [-0.4, -0.2) is 55.9 Å². The summed E-state index contributed by atoms with van der Waals surface area (Å²) in [5.74, 6) is 1.64. The van der Waals surface area contributed by atoms with Crippen molar-refractivity contribution < 1.29 is 14.4 Å². The number of benzene rings is 2. The van der Waals surface area contributed by atoms with Gasteiger partial charge >= 0.3 is 0 Å². The Labute approximate surface area is 170 Å². The minimum absolute atomic E-state index is 0.120. The second-order valence-electron chi connectivity index (χ2n) is 7.76. The van der Waals surface area contributed by atoms with Crippen molar-refractivity contribution in [2.45, 2.75) is 25.3 Å². The number of methoxy groups -OCH3 is 2. The summed E-state index contributed by atoms with van der Waals surface area (Å²) in [6.07, 6.45) is 0.977. The van der Waals surface area contributed by atoms with Crippen molar-refractivity contribution in [3.05, 3.63) is 62.7 Å². The van der Waals surface area contributed by atoms with Crippen LogP contribution in [0.4, 0.5) is 5.69 Å². The molecule has 0 N–H and O–H groups in total. The van der Waals surface area contributed by atoms with E-state index in [1.165, 1.54) is 5.56 Å². The molecule has 2 atom stereocenters. The molecule has 152 valence electrons. The lowest BCUT2D eigenvalue weighted by Gasteiger charge is -2.39. The Balaban J connectivity index is 1.89. The summed E-state index contributed by atoms with van der Waals surface area (Å²) in [4.78, 5) is 18.3. The van der Waals surface area contributed by atoms with Crippen LogP contribution in [0.15, 0.2) is 35.3 Å². The molecule has 0 unspecified atom stereocenters. The van der Waals surface area contributed by atoms with Crippen LogP contribution in [0.1, 0.15) is 34.6 Å². The second-order valence-corrected chi connectivity index (χ2v) is 7.76. The van der Waals surface area contributed by atoms with Gasteiger partial charge < -0.3 is 14.4 Å². The number of ether oxygens (including phenoxy) is 2. The van der Waals surface area contributed by atoms with Gasteiger partial charge in [-0.15, -0.1) is 0 Å². The largest absolute Gasteiger partial charge is 0.493 e. The fourth-order valence-electron chi connectivity index (χ4n) is 4.44. The zero-order valence-electron chi connectivity index (χ0n) is 17.1. The molecule has 0 spiro atoms. The van der Waals surface area contributed by atoms with E-state index in [1.807, 2.05) is 12.1 Å². The van der Waals surface area contributed by atoms with Crippen LogP contribution in [0, 0.1) is 17.0 Å². The molecule has 29 heavy (non-hydrogen) atoms. The van der Waals surface area contributed by atoms with Crippen LogP contribution in [0.3, 0.4) is 0 Å². The highest BCUT2D eigenvalue weighted by molar-refractivity contribution is 6.15. The van der Waals surface area contributed by atoms with E-state index in [4.69, 9.17) is 14.5 Å². The van der Waals surface area contributed by atoms with Crippen molar-refractivity contribution in [1.29, 1.82) is 0 Å². The third kappa shape index (κ3) is 3.35. The second kappa shape index (κ2) is 7.48. The van der Waals surface area contributed by atoms with Gasteiger partial charge in [0.25, 0.3) is 5.69 Å². The summed E-state index contributed by atoms with van der Waals surface area (Å²) >= 11 is 0. The molecule has 1 saturated heterocycles. The first-order valence-electron chi connectivity index (χ1n) is 9.71. The summed E-state index contributed by atoms with van der Waals surface area (Å²) in [6.45, 7) is 3.70. The van der Waals surface area contributed by atoms with Gasteiger partial charge in [0.1, 0.15) is 0 Å². The van der Waals surface area contributed by atoms with Crippen molar-refractivity contribution in [2.75, 3.05) is 34.4 Å².